The maximum absolute atomic E-state index is 11.1. The van der Waals surface area contributed by atoms with Crippen molar-refractivity contribution in [2.45, 2.75) is 6.17 Å². The van der Waals surface area contributed by atoms with Gasteiger partial charge in [-0.15, -0.1) is 0 Å². The zero-order valence-corrected chi connectivity index (χ0v) is 8.83. The third-order valence-corrected chi connectivity index (χ3v) is 2.57. The molecule has 3 heterocycles. The third kappa shape index (κ3) is 1.55. The number of amidine groups is 1. The van der Waals surface area contributed by atoms with Crippen LogP contribution in [0.3, 0.4) is 0 Å². The van der Waals surface area contributed by atoms with Gasteiger partial charge in [-0.05, 0) is 18.2 Å². The van der Waals surface area contributed by atoms with E-state index in [0.29, 0.717) is 5.84 Å². The summed E-state index contributed by atoms with van der Waals surface area (Å²) in [5.41, 5.74) is 9.91. The SMILES string of the molecule is NC(=O)C1N=C2C=CC=C(c3ccoc3)N2N1. The maximum atomic E-state index is 11.1. The molecule has 0 fully saturated rings. The number of carbonyl (C=O) groups excluding carboxylic acids is 1. The highest BCUT2D eigenvalue weighted by Crippen LogP contribution is 2.24. The molecule has 0 aliphatic carbocycles. The van der Waals surface area contributed by atoms with Gasteiger partial charge in [0.05, 0.1) is 18.2 Å². The molecule has 3 rings (SSSR count). The van der Waals surface area contributed by atoms with Crippen molar-refractivity contribution in [3.8, 4) is 0 Å². The number of carbonyl (C=O) groups is 1. The zero-order valence-electron chi connectivity index (χ0n) is 8.83. The summed E-state index contributed by atoms with van der Waals surface area (Å²) in [6, 6.07) is 1.84. The van der Waals surface area contributed by atoms with Crippen molar-refractivity contribution in [2.24, 2.45) is 10.7 Å². The summed E-state index contributed by atoms with van der Waals surface area (Å²) in [7, 11) is 0. The van der Waals surface area contributed by atoms with Gasteiger partial charge in [0, 0.05) is 5.56 Å². The van der Waals surface area contributed by atoms with Crippen LogP contribution in [-0.2, 0) is 4.79 Å². The lowest BCUT2D eigenvalue weighted by atomic mass is 10.2. The highest BCUT2D eigenvalue weighted by atomic mass is 16.3. The van der Waals surface area contributed by atoms with E-state index in [4.69, 9.17) is 10.2 Å². The Bertz CT molecular complexity index is 542. The molecule has 3 N–H and O–H groups in total. The molecule has 2 aliphatic heterocycles. The molecule has 0 radical (unpaired) electrons. The zero-order chi connectivity index (χ0) is 11.8. The molecule has 0 bridgehead atoms. The Morgan fingerprint density at radius 2 is 2.47 bits per heavy atom. The number of fused-ring (bicyclic) bond motifs is 1. The first-order chi connectivity index (χ1) is 8.25. The van der Waals surface area contributed by atoms with Crippen molar-refractivity contribution in [2.75, 3.05) is 0 Å². The van der Waals surface area contributed by atoms with Crippen LogP contribution in [0.2, 0.25) is 0 Å². The topological polar surface area (TPSA) is 83.9 Å². The highest BCUT2D eigenvalue weighted by molar-refractivity contribution is 6.03. The van der Waals surface area contributed by atoms with Gasteiger partial charge in [0.2, 0.25) is 0 Å². The minimum absolute atomic E-state index is 0.508. The molecule has 6 nitrogen and oxygen atoms in total. The molecular formula is C11H10N4O2. The Kier molecular flexibility index (Phi) is 2.09. The Morgan fingerprint density at radius 3 is 3.18 bits per heavy atom. The number of furan rings is 1. The number of nitrogens with zero attached hydrogens (tertiary/aromatic N) is 2. The van der Waals surface area contributed by atoms with Crippen molar-refractivity contribution >= 4 is 17.4 Å². The number of rotatable bonds is 2. The van der Waals surface area contributed by atoms with E-state index in [1.807, 2.05) is 18.2 Å². The number of hydrazine groups is 1. The largest absolute Gasteiger partial charge is 0.472 e. The van der Waals surface area contributed by atoms with Crippen molar-refractivity contribution in [1.82, 2.24) is 10.4 Å². The van der Waals surface area contributed by atoms with E-state index < -0.39 is 12.1 Å². The molecule has 86 valence electrons. The Labute approximate surface area is 97.1 Å². The minimum Gasteiger partial charge on any atom is -0.472 e. The summed E-state index contributed by atoms with van der Waals surface area (Å²) in [6.07, 6.45) is 8.07. The number of allylic oxidation sites excluding steroid dienone is 2. The van der Waals surface area contributed by atoms with E-state index in [1.54, 1.807) is 23.6 Å². The van der Waals surface area contributed by atoms with Crippen LogP contribution in [0.4, 0.5) is 0 Å². The summed E-state index contributed by atoms with van der Waals surface area (Å²) in [5.74, 6) is 0.152. The molecule has 0 saturated carbocycles. The molecule has 1 atom stereocenters. The molecule has 2 aliphatic rings. The van der Waals surface area contributed by atoms with Gasteiger partial charge in [-0.1, -0.05) is 6.08 Å². The second-order valence-electron chi connectivity index (χ2n) is 3.68. The van der Waals surface area contributed by atoms with Crippen LogP contribution >= 0.6 is 0 Å². The van der Waals surface area contributed by atoms with Crippen LogP contribution < -0.4 is 11.2 Å². The molecule has 1 amide bonds. The van der Waals surface area contributed by atoms with E-state index in [1.165, 1.54) is 0 Å². The second kappa shape index (κ2) is 3.60. The molecule has 6 heteroatoms. The van der Waals surface area contributed by atoms with E-state index in [0.717, 1.165) is 11.3 Å². The molecule has 1 aromatic rings. The van der Waals surface area contributed by atoms with E-state index >= 15 is 0 Å². The first-order valence-corrected chi connectivity index (χ1v) is 5.10. The number of nitrogens with one attached hydrogen (secondary N) is 1. The summed E-state index contributed by atoms with van der Waals surface area (Å²) in [6.45, 7) is 0. The average molecular weight is 230 g/mol. The van der Waals surface area contributed by atoms with Crippen molar-refractivity contribution in [3.05, 3.63) is 42.4 Å². The lowest BCUT2D eigenvalue weighted by Crippen LogP contribution is -2.44. The summed E-state index contributed by atoms with van der Waals surface area (Å²) < 4.78 is 5.04. The van der Waals surface area contributed by atoms with E-state index in [-0.39, 0.29) is 0 Å². The summed E-state index contributed by atoms with van der Waals surface area (Å²) in [4.78, 5) is 15.3. The quantitative estimate of drug-likeness (QED) is 0.761. The van der Waals surface area contributed by atoms with Crippen LogP contribution in [0.25, 0.3) is 5.70 Å². The van der Waals surface area contributed by atoms with Gasteiger partial charge >= 0.3 is 0 Å². The fourth-order valence-electron chi connectivity index (χ4n) is 1.78. The van der Waals surface area contributed by atoms with E-state index in [9.17, 15) is 4.79 Å². The number of hydrogen-bond donors (Lipinski definition) is 2. The monoisotopic (exact) mass is 230 g/mol. The highest BCUT2D eigenvalue weighted by Gasteiger charge is 2.30. The Morgan fingerprint density at radius 1 is 1.59 bits per heavy atom. The molecule has 1 unspecified atom stereocenters. The lowest BCUT2D eigenvalue weighted by molar-refractivity contribution is -0.120. The smallest absolute Gasteiger partial charge is 0.258 e. The summed E-state index contributed by atoms with van der Waals surface area (Å²) in [5, 5.41) is 1.72. The van der Waals surface area contributed by atoms with Crippen LogP contribution in [-0.4, -0.2) is 22.9 Å². The normalized spacial score (nSPS) is 22.1. The van der Waals surface area contributed by atoms with Gasteiger partial charge < -0.3 is 10.2 Å². The van der Waals surface area contributed by atoms with Gasteiger partial charge in [-0.3, -0.25) is 9.80 Å². The second-order valence-corrected chi connectivity index (χ2v) is 3.68. The predicted octanol–water partition coefficient (Wildman–Crippen LogP) is 0.220. The average Bonchev–Trinajstić information content (AvgIpc) is 2.97. The number of primary amides is 1. The van der Waals surface area contributed by atoms with Gasteiger partial charge in [0.25, 0.3) is 5.91 Å². The Balaban J connectivity index is 1.95. The number of aliphatic imine (C=N–C) groups is 1. The molecule has 0 saturated heterocycles. The minimum atomic E-state index is -0.719. The molecular weight excluding hydrogens is 220 g/mol. The number of nitrogens with two attached hydrogens (primary N) is 1. The number of hydrogen-bond acceptors (Lipinski definition) is 5. The van der Waals surface area contributed by atoms with E-state index in [2.05, 4.69) is 10.4 Å². The predicted molar refractivity (Wildman–Crippen MR) is 61.2 cm³/mol. The first kappa shape index (κ1) is 9.86. The lowest BCUT2D eigenvalue weighted by Gasteiger charge is -2.23. The fourth-order valence-corrected chi connectivity index (χ4v) is 1.78. The van der Waals surface area contributed by atoms with Crippen LogP contribution in [0.5, 0.6) is 0 Å². The maximum Gasteiger partial charge on any atom is 0.258 e. The molecule has 17 heavy (non-hydrogen) atoms. The van der Waals surface area contributed by atoms with Crippen molar-refractivity contribution in [3.63, 3.8) is 0 Å². The van der Waals surface area contributed by atoms with Crippen LogP contribution in [0, 0.1) is 0 Å². The van der Waals surface area contributed by atoms with Gasteiger partial charge in [0.15, 0.2) is 6.17 Å². The molecule has 1 aromatic heterocycles. The fraction of sp³-hybridized carbons (Fsp3) is 0.0909. The van der Waals surface area contributed by atoms with Crippen molar-refractivity contribution < 1.29 is 9.21 Å². The number of amides is 1. The first-order valence-electron chi connectivity index (χ1n) is 5.10. The van der Waals surface area contributed by atoms with Gasteiger partial charge in [0.1, 0.15) is 5.84 Å². The van der Waals surface area contributed by atoms with Gasteiger partial charge in [-0.25, -0.2) is 4.99 Å². The summed E-state index contributed by atoms with van der Waals surface area (Å²) >= 11 is 0. The third-order valence-electron chi connectivity index (χ3n) is 2.57. The van der Waals surface area contributed by atoms with Crippen LogP contribution in [0.1, 0.15) is 5.56 Å². The Hall–Kier alpha value is -2.34. The van der Waals surface area contributed by atoms with Crippen molar-refractivity contribution in [1.29, 1.82) is 0 Å². The van der Waals surface area contributed by atoms with Gasteiger partial charge in [-0.2, -0.15) is 5.43 Å². The molecule has 0 aromatic carbocycles. The van der Waals surface area contributed by atoms with Crippen LogP contribution in [0.15, 0.2) is 46.2 Å². The standard InChI is InChI=1S/C11H10N4O2/c12-10(16)11-13-9-3-1-2-8(15(9)14-11)7-4-5-17-6-7/h1-6,11,14H,(H2,12,16). The molecule has 0 spiro atoms.